The van der Waals surface area contributed by atoms with Gasteiger partial charge in [-0.25, -0.2) is 0 Å². The van der Waals surface area contributed by atoms with Crippen LogP contribution in [0, 0.1) is 0 Å². The molecule has 3 nitrogen and oxygen atoms in total. The van der Waals surface area contributed by atoms with Crippen LogP contribution >= 0.6 is 0 Å². The number of rotatable bonds is 8. The van der Waals surface area contributed by atoms with Crippen LogP contribution in [0.5, 0.6) is 5.75 Å². The Hall–Kier alpha value is -2.62. The maximum Gasteiger partial charge on any atom is 0.119 e. The molecule has 3 aromatic rings. The van der Waals surface area contributed by atoms with Gasteiger partial charge in [0.05, 0.1) is 0 Å². The summed E-state index contributed by atoms with van der Waals surface area (Å²) in [6, 6.07) is 28.1. The van der Waals surface area contributed by atoms with Crippen LogP contribution in [0.2, 0.25) is 0 Å². The Kier molecular flexibility index (Phi) is 7.39. The summed E-state index contributed by atoms with van der Waals surface area (Å²) >= 11 is 0. The maximum absolute atomic E-state index is 6.32. The first-order valence-electron chi connectivity index (χ1n) is 11.4. The normalized spacial score (nSPS) is 15.3. The zero-order valence-electron chi connectivity index (χ0n) is 18.8. The molecule has 1 aliphatic rings. The highest BCUT2D eigenvalue weighted by Crippen LogP contribution is 2.27. The molecule has 0 atom stereocenters. The van der Waals surface area contributed by atoms with E-state index in [1.54, 1.807) is 0 Å². The number of likely N-dealkylation sites (tertiary alicyclic amines) is 1. The fraction of sp³-hybridized carbons (Fsp3) is 0.357. The van der Waals surface area contributed by atoms with Gasteiger partial charge in [-0.2, -0.15) is 0 Å². The molecule has 0 amide bonds. The van der Waals surface area contributed by atoms with E-state index < -0.39 is 0 Å². The van der Waals surface area contributed by atoms with Gasteiger partial charge in [-0.1, -0.05) is 66.7 Å². The summed E-state index contributed by atoms with van der Waals surface area (Å²) in [4.78, 5) is 4.78. The molecule has 0 bridgehead atoms. The van der Waals surface area contributed by atoms with E-state index in [1.807, 2.05) is 0 Å². The lowest BCUT2D eigenvalue weighted by atomic mass is 9.99. The highest BCUT2D eigenvalue weighted by molar-refractivity contribution is 5.67. The first-order valence-corrected chi connectivity index (χ1v) is 11.4. The minimum atomic E-state index is 0.319. The summed E-state index contributed by atoms with van der Waals surface area (Å²) in [5.74, 6) is 0.983. The van der Waals surface area contributed by atoms with Gasteiger partial charge in [0.2, 0.25) is 0 Å². The molecule has 3 heteroatoms. The predicted octanol–water partition coefficient (Wildman–Crippen LogP) is 5.50. The fourth-order valence-corrected chi connectivity index (χ4v) is 4.37. The molecule has 0 unspecified atom stereocenters. The second-order valence-corrected chi connectivity index (χ2v) is 8.81. The molecule has 3 aromatic carbocycles. The van der Waals surface area contributed by atoms with Gasteiger partial charge >= 0.3 is 0 Å². The number of ether oxygens (including phenoxy) is 1. The molecule has 1 fully saturated rings. The van der Waals surface area contributed by atoms with Gasteiger partial charge in [0, 0.05) is 26.2 Å². The minimum absolute atomic E-state index is 0.319. The van der Waals surface area contributed by atoms with Crippen molar-refractivity contribution >= 4 is 0 Å². The van der Waals surface area contributed by atoms with Crippen molar-refractivity contribution in [2.45, 2.75) is 31.9 Å². The monoisotopic (exact) mass is 414 g/mol. The molecule has 0 N–H and O–H groups in total. The van der Waals surface area contributed by atoms with Crippen LogP contribution in [-0.4, -0.2) is 49.6 Å². The van der Waals surface area contributed by atoms with Crippen LogP contribution < -0.4 is 4.74 Å². The Labute approximate surface area is 187 Å². The third-order valence-electron chi connectivity index (χ3n) is 6.07. The van der Waals surface area contributed by atoms with Crippen LogP contribution in [0.15, 0.2) is 78.9 Å². The molecule has 4 rings (SSSR count). The number of hydrogen-bond acceptors (Lipinski definition) is 3. The van der Waals surface area contributed by atoms with Crippen molar-refractivity contribution in [2.75, 3.05) is 33.7 Å². The van der Waals surface area contributed by atoms with Gasteiger partial charge in [0.1, 0.15) is 11.9 Å². The number of nitrogens with zero attached hydrogens (tertiary/aromatic N) is 2. The maximum atomic E-state index is 6.32. The molecule has 1 saturated heterocycles. The zero-order valence-corrected chi connectivity index (χ0v) is 18.8. The van der Waals surface area contributed by atoms with E-state index in [0.717, 1.165) is 51.2 Å². The lowest BCUT2D eigenvalue weighted by molar-refractivity contribution is 0.101. The van der Waals surface area contributed by atoms with Crippen LogP contribution in [0.3, 0.4) is 0 Å². The third-order valence-corrected chi connectivity index (χ3v) is 6.07. The summed E-state index contributed by atoms with van der Waals surface area (Å²) < 4.78 is 6.32. The largest absolute Gasteiger partial charge is 0.490 e. The Morgan fingerprint density at radius 1 is 0.839 bits per heavy atom. The molecule has 0 saturated carbocycles. The Balaban J connectivity index is 1.28. The van der Waals surface area contributed by atoms with E-state index in [2.05, 4.69) is 103 Å². The summed E-state index contributed by atoms with van der Waals surface area (Å²) in [6.45, 7) is 4.32. The van der Waals surface area contributed by atoms with Crippen LogP contribution in [-0.2, 0) is 13.0 Å². The van der Waals surface area contributed by atoms with Crippen LogP contribution in [0.25, 0.3) is 11.1 Å². The lowest BCUT2D eigenvalue weighted by Gasteiger charge is -2.32. The van der Waals surface area contributed by atoms with E-state index in [9.17, 15) is 0 Å². The standard InChI is InChI=1S/C28H34N2O/c1-29(2)22-25-10-6-7-11-28(25)24-12-14-26(15-13-24)31-27-17-20-30(21-18-27)19-16-23-8-4-3-5-9-23/h3-15,27H,16-22H2,1-2H3. The molecule has 162 valence electrons. The molecule has 0 spiro atoms. The average molecular weight is 415 g/mol. The van der Waals surface area contributed by atoms with Crippen LogP contribution in [0.4, 0.5) is 0 Å². The Morgan fingerprint density at radius 3 is 2.23 bits per heavy atom. The van der Waals surface area contributed by atoms with Crippen LogP contribution in [0.1, 0.15) is 24.0 Å². The number of hydrogen-bond donors (Lipinski definition) is 0. The third kappa shape index (κ3) is 6.19. The Bertz CT molecular complexity index is 929. The SMILES string of the molecule is CN(C)Cc1ccccc1-c1ccc(OC2CCN(CCc3ccccc3)CC2)cc1. The molecule has 0 radical (unpaired) electrons. The van der Waals surface area contributed by atoms with Crippen molar-refractivity contribution in [2.24, 2.45) is 0 Å². The quantitative estimate of drug-likeness (QED) is 0.484. The van der Waals surface area contributed by atoms with E-state index in [-0.39, 0.29) is 0 Å². The van der Waals surface area contributed by atoms with Gasteiger partial charge in [-0.3, -0.25) is 0 Å². The van der Waals surface area contributed by atoms with Crippen molar-refractivity contribution in [1.82, 2.24) is 9.80 Å². The van der Waals surface area contributed by atoms with Crippen molar-refractivity contribution in [3.8, 4) is 16.9 Å². The Morgan fingerprint density at radius 2 is 1.52 bits per heavy atom. The molecule has 31 heavy (non-hydrogen) atoms. The first-order chi connectivity index (χ1) is 15.2. The first kappa shape index (κ1) is 21.6. The molecule has 0 aliphatic carbocycles. The van der Waals surface area contributed by atoms with Gasteiger partial charge in [-0.15, -0.1) is 0 Å². The lowest BCUT2D eigenvalue weighted by Crippen LogP contribution is -2.39. The summed E-state index contributed by atoms with van der Waals surface area (Å²) in [5, 5.41) is 0. The topological polar surface area (TPSA) is 15.7 Å². The summed E-state index contributed by atoms with van der Waals surface area (Å²) in [6.07, 6.45) is 3.65. The summed E-state index contributed by atoms with van der Waals surface area (Å²) in [7, 11) is 4.22. The second-order valence-electron chi connectivity index (χ2n) is 8.81. The highest BCUT2D eigenvalue weighted by atomic mass is 16.5. The van der Waals surface area contributed by atoms with Crippen molar-refractivity contribution in [1.29, 1.82) is 0 Å². The molecule has 1 heterocycles. The molecule has 1 aliphatic heterocycles. The van der Waals surface area contributed by atoms with E-state index in [0.29, 0.717) is 6.10 Å². The predicted molar refractivity (Wildman–Crippen MR) is 130 cm³/mol. The smallest absolute Gasteiger partial charge is 0.119 e. The highest BCUT2D eigenvalue weighted by Gasteiger charge is 2.20. The number of benzene rings is 3. The molecular formula is C28H34N2O. The van der Waals surface area contributed by atoms with Gasteiger partial charge in [0.15, 0.2) is 0 Å². The molecule has 0 aromatic heterocycles. The number of piperidine rings is 1. The van der Waals surface area contributed by atoms with E-state index >= 15 is 0 Å². The van der Waals surface area contributed by atoms with Crippen molar-refractivity contribution in [3.05, 3.63) is 90.0 Å². The zero-order chi connectivity index (χ0) is 21.5. The molecular weight excluding hydrogens is 380 g/mol. The van der Waals surface area contributed by atoms with Crippen molar-refractivity contribution in [3.63, 3.8) is 0 Å². The van der Waals surface area contributed by atoms with Crippen molar-refractivity contribution < 1.29 is 4.74 Å². The average Bonchev–Trinajstić information content (AvgIpc) is 2.80. The summed E-state index contributed by atoms with van der Waals surface area (Å²) in [5.41, 5.74) is 5.33. The van der Waals surface area contributed by atoms with Gasteiger partial charge in [0.25, 0.3) is 0 Å². The van der Waals surface area contributed by atoms with E-state index in [4.69, 9.17) is 4.74 Å². The fourth-order valence-electron chi connectivity index (χ4n) is 4.37. The van der Waals surface area contributed by atoms with E-state index in [1.165, 1.54) is 22.3 Å². The second kappa shape index (κ2) is 10.6. The van der Waals surface area contributed by atoms with Gasteiger partial charge in [-0.05, 0) is 67.7 Å². The minimum Gasteiger partial charge on any atom is -0.490 e. The van der Waals surface area contributed by atoms with Gasteiger partial charge < -0.3 is 14.5 Å².